The fraction of sp³-hybridized carbons (Fsp3) is 0.333. The Kier molecular flexibility index (Phi) is 5.17. The van der Waals surface area contributed by atoms with Crippen molar-refractivity contribution in [1.29, 1.82) is 0 Å². The van der Waals surface area contributed by atoms with Gasteiger partial charge in [0, 0.05) is 25.2 Å². The predicted molar refractivity (Wildman–Crippen MR) is 99.4 cm³/mol. The van der Waals surface area contributed by atoms with E-state index in [1.165, 1.54) is 5.56 Å². The minimum Gasteiger partial charge on any atom is -0.342 e. The highest BCUT2D eigenvalue weighted by Crippen LogP contribution is 2.22. The first-order valence-electron chi connectivity index (χ1n) is 8.73. The van der Waals surface area contributed by atoms with Crippen LogP contribution in [0.5, 0.6) is 0 Å². The van der Waals surface area contributed by atoms with Gasteiger partial charge in [0.2, 0.25) is 11.8 Å². The van der Waals surface area contributed by atoms with Crippen LogP contribution in [0.25, 0.3) is 0 Å². The predicted octanol–water partition coefficient (Wildman–Crippen LogP) is 3.33. The maximum Gasteiger partial charge on any atom is 0.229 e. The van der Waals surface area contributed by atoms with Crippen molar-refractivity contribution in [3.05, 3.63) is 65.2 Å². The number of amides is 2. The van der Waals surface area contributed by atoms with Crippen LogP contribution in [0.15, 0.2) is 48.5 Å². The topological polar surface area (TPSA) is 49.4 Å². The van der Waals surface area contributed by atoms with Gasteiger partial charge in [-0.05, 0) is 43.0 Å². The number of anilines is 1. The Balaban J connectivity index is 1.58. The zero-order valence-corrected chi connectivity index (χ0v) is 14.8. The second-order valence-corrected chi connectivity index (χ2v) is 6.78. The molecule has 0 saturated carbocycles. The van der Waals surface area contributed by atoms with Gasteiger partial charge in [-0.1, -0.05) is 42.5 Å². The molecule has 2 amide bonds. The van der Waals surface area contributed by atoms with Gasteiger partial charge in [0.15, 0.2) is 0 Å². The molecule has 1 saturated heterocycles. The van der Waals surface area contributed by atoms with Crippen molar-refractivity contribution < 1.29 is 9.59 Å². The van der Waals surface area contributed by atoms with E-state index in [0.717, 1.165) is 23.2 Å². The minimum absolute atomic E-state index is 0.0655. The Morgan fingerprint density at radius 1 is 1.16 bits per heavy atom. The lowest BCUT2D eigenvalue weighted by Crippen LogP contribution is -2.30. The quantitative estimate of drug-likeness (QED) is 0.910. The molecule has 25 heavy (non-hydrogen) atoms. The molecule has 1 aliphatic heterocycles. The lowest BCUT2D eigenvalue weighted by Gasteiger charge is -2.17. The van der Waals surface area contributed by atoms with Crippen LogP contribution < -0.4 is 5.32 Å². The molecule has 0 radical (unpaired) electrons. The van der Waals surface area contributed by atoms with E-state index >= 15 is 0 Å². The second-order valence-electron chi connectivity index (χ2n) is 6.78. The molecule has 130 valence electrons. The first kappa shape index (κ1) is 17.2. The first-order chi connectivity index (χ1) is 12.0. The normalized spacial score (nSPS) is 17.0. The number of likely N-dealkylation sites (tertiary alicyclic amines) is 1. The van der Waals surface area contributed by atoms with Crippen molar-refractivity contribution in [2.75, 3.05) is 18.4 Å². The number of carbonyl (C=O) groups excluding carboxylic acids is 2. The molecule has 2 aromatic carbocycles. The summed E-state index contributed by atoms with van der Waals surface area (Å²) in [5, 5.41) is 2.99. The molecular weight excluding hydrogens is 312 g/mol. The summed E-state index contributed by atoms with van der Waals surface area (Å²) in [5.41, 5.74) is 4.18. The highest BCUT2D eigenvalue weighted by Gasteiger charge is 2.34. The van der Waals surface area contributed by atoms with Crippen LogP contribution in [-0.2, 0) is 16.0 Å². The molecule has 1 aliphatic rings. The van der Waals surface area contributed by atoms with Crippen LogP contribution in [0.3, 0.4) is 0 Å². The average molecular weight is 336 g/mol. The van der Waals surface area contributed by atoms with Gasteiger partial charge in [-0.15, -0.1) is 0 Å². The molecule has 0 spiro atoms. The van der Waals surface area contributed by atoms with E-state index in [9.17, 15) is 9.59 Å². The lowest BCUT2D eigenvalue weighted by atomic mass is 10.1. The van der Waals surface area contributed by atoms with Gasteiger partial charge in [-0.2, -0.15) is 0 Å². The van der Waals surface area contributed by atoms with Gasteiger partial charge in [-0.3, -0.25) is 9.59 Å². The standard InChI is InChI=1S/C21H24N2O2/c1-15-8-9-16(2)19(12-15)22-21(25)18-13-20(24)23(14-18)11-10-17-6-4-3-5-7-17/h3-9,12,18H,10-11,13-14H2,1-2H3,(H,22,25)/t18-/m0/s1. The Morgan fingerprint density at radius 2 is 1.92 bits per heavy atom. The Labute approximate surface area is 148 Å². The Hall–Kier alpha value is -2.62. The van der Waals surface area contributed by atoms with Crippen LogP contribution in [0.2, 0.25) is 0 Å². The summed E-state index contributed by atoms with van der Waals surface area (Å²) >= 11 is 0. The van der Waals surface area contributed by atoms with Gasteiger partial charge in [0.05, 0.1) is 5.92 Å². The molecule has 2 aromatic rings. The molecule has 3 rings (SSSR count). The molecule has 4 nitrogen and oxygen atoms in total. The van der Waals surface area contributed by atoms with Crippen molar-refractivity contribution in [1.82, 2.24) is 4.90 Å². The third-order valence-corrected chi connectivity index (χ3v) is 4.75. The minimum atomic E-state index is -0.275. The summed E-state index contributed by atoms with van der Waals surface area (Å²) < 4.78 is 0. The number of benzene rings is 2. The van der Waals surface area contributed by atoms with Crippen LogP contribution in [0, 0.1) is 19.8 Å². The molecule has 1 N–H and O–H groups in total. The van der Waals surface area contributed by atoms with Crippen LogP contribution >= 0.6 is 0 Å². The van der Waals surface area contributed by atoms with E-state index in [1.807, 2.05) is 50.2 Å². The number of aryl methyl sites for hydroxylation is 2. The van der Waals surface area contributed by atoms with Crippen LogP contribution in [0.1, 0.15) is 23.1 Å². The summed E-state index contributed by atoms with van der Waals surface area (Å²) in [4.78, 5) is 26.6. The number of nitrogens with one attached hydrogen (secondary N) is 1. The third kappa shape index (κ3) is 4.27. The van der Waals surface area contributed by atoms with E-state index in [4.69, 9.17) is 0 Å². The summed E-state index contributed by atoms with van der Waals surface area (Å²) in [7, 11) is 0. The largest absolute Gasteiger partial charge is 0.342 e. The van der Waals surface area contributed by atoms with Crippen LogP contribution in [0.4, 0.5) is 5.69 Å². The Bertz CT molecular complexity index is 771. The zero-order chi connectivity index (χ0) is 17.8. The van der Waals surface area contributed by atoms with Crippen molar-refractivity contribution in [3.8, 4) is 0 Å². The van der Waals surface area contributed by atoms with Crippen molar-refractivity contribution in [2.45, 2.75) is 26.7 Å². The van der Waals surface area contributed by atoms with Crippen molar-refractivity contribution >= 4 is 17.5 Å². The van der Waals surface area contributed by atoms with E-state index in [0.29, 0.717) is 19.5 Å². The number of carbonyl (C=O) groups is 2. The smallest absolute Gasteiger partial charge is 0.229 e. The fourth-order valence-electron chi connectivity index (χ4n) is 3.18. The SMILES string of the molecule is Cc1ccc(C)c(NC(=O)[C@H]2CC(=O)N(CCc3ccccc3)C2)c1. The second kappa shape index (κ2) is 7.51. The van der Waals surface area contributed by atoms with E-state index < -0.39 is 0 Å². The molecular formula is C21H24N2O2. The fourth-order valence-corrected chi connectivity index (χ4v) is 3.18. The molecule has 0 bridgehead atoms. The average Bonchev–Trinajstić information content (AvgIpc) is 2.98. The van der Waals surface area contributed by atoms with Crippen molar-refractivity contribution in [2.24, 2.45) is 5.92 Å². The molecule has 0 unspecified atom stereocenters. The van der Waals surface area contributed by atoms with Gasteiger partial charge in [0.1, 0.15) is 0 Å². The molecule has 0 aliphatic carbocycles. The molecule has 0 aromatic heterocycles. The van der Waals surface area contributed by atoms with Gasteiger partial charge >= 0.3 is 0 Å². The number of hydrogen-bond acceptors (Lipinski definition) is 2. The molecule has 4 heteroatoms. The van der Waals surface area contributed by atoms with Gasteiger partial charge in [0.25, 0.3) is 0 Å². The third-order valence-electron chi connectivity index (χ3n) is 4.75. The summed E-state index contributed by atoms with van der Waals surface area (Å²) in [6.45, 7) is 5.14. The Morgan fingerprint density at radius 3 is 2.68 bits per heavy atom. The number of rotatable bonds is 5. The number of nitrogens with zero attached hydrogens (tertiary/aromatic N) is 1. The highest BCUT2D eigenvalue weighted by atomic mass is 16.2. The van der Waals surface area contributed by atoms with E-state index in [1.54, 1.807) is 4.90 Å². The van der Waals surface area contributed by atoms with Crippen LogP contribution in [-0.4, -0.2) is 29.8 Å². The van der Waals surface area contributed by atoms with E-state index in [2.05, 4.69) is 17.4 Å². The molecule has 1 fully saturated rings. The first-order valence-corrected chi connectivity index (χ1v) is 8.73. The van der Waals surface area contributed by atoms with E-state index in [-0.39, 0.29) is 17.7 Å². The maximum atomic E-state index is 12.6. The summed E-state index contributed by atoms with van der Waals surface area (Å²) in [5.74, 6) is -0.274. The van der Waals surface area contributed by atoms with Crippen molar-refractivity contribution in [3.63, 3.8) is 0 Å². The summed E-state index contributed by atoms with van der Waals surface area (Å²) in [6.07, 6.45) is 1.11. The molecule has 1 heterocycles. The molecule has 1 atom stereocenters. The van der Waals surface area contributed by atoms with Gasteiger partial charge < -0.3 is 10.2 Å². The lowest BCUT2D eigenvalue weighted by molar-refractivity contribution is -0.128. The van der Waals surface area contributed by atoms with Gasteiger partial charge in [-0.25, -0.2) is 0 Å². The number of hydrogen-bond donors (Lipinski definition) is 1. The monoisotopic (exact) mass is 336 g/mol. The maximum absolute atomic E-state index is 12.6. The zero-order valence-electron chi connectivity index (χ0n) is 14.8. The summed E-state index contributed by atoms with van der Waals surface area (Å²) in [6, 6.07) is 16.1. The highest BCUT2D eigenvalue weighted by molar-refractivity contribution is 5.97.